The number of aromatic nitrogens is 1. The summed E-state index contributed by atoms with van der Waals surface area (Å²) in [6, 6.07) is 13.5. The highest BCUT2D eigenvalue weighted by Gasteiger charge is 2.24. The first kappa shape index (κ1) is 18.3. The van der Waals surface area contributed by atoms with Gasteiger partial charge in [0, 0.05) is 17.6 Å². The molecule has 1 aliphatic rings. The molecular weight excluding hydrogens is 356 g/mol. The maximum atomic E-state index is 13.1. The Morgan fingerprint density at radius 3 is 2.63 bits per heavy atom. The molecule has 1 aromatic heterocycles. The fourth-order valence-corrected chi connectivity index (χ4v) is 5.35. The van der Waals surface area contributed by atoms with Crippen LogP contribution in [0.4, 0.5) is 0 Å². The zero-order valence-electron chi connectivity index (χ0n) is 15.9. The molecule has 142 valence electrons. The molecule has 0 saturated carbocycles. The van der Waals surface area contributed by atoms with Crippen LogP contribution in [0.5, 0.6) is 0 Å². The summed E-state index contributed by atoms with van der Waals surface area (Å²) in [5.41, 5.74) is 4.46. The summed E-state index contributed by atoms with van der Waals surface area (Å²) < 4.78 is 27.7. The lowest BCUT2D eigenvalue weighted by atomic mass is 9.86. The summed E-state index contributed by atoms with van der Waals surface area (Å²) in [7, 11) is -3.59. The smallest absolute Gasteiger partial charge is 0.268 e. The number of fused-ring (bicyclic) bond motifs is 3. The molecule has 0 fully saturated rings. The van der Waals surface area contributed by atoms with Crippen molar-refractivity contribution in [1.29, 1.82) is 0 Å². The standard InChI is InChI=1S/C22H26N2O2S/c1-3-13-23-18-8-6-17-7-11-22-20(21(17)15-18)12-14-24(22)27(25,26)19-9-4-16(2)5-10-19/h4-5,7,9-12,14,18,23H,3,6,8,13,15H2,1-2H3/t18-/m1/s1. The summed E-state index contributed by atoms with van der Waals surface area (Å²) in [5, 5.41) is 4.68. The molecule has 1 atom stereocenters. The van der Waals surface area contributed by atoms with Crippen LogP contribution in [0.2, 0.25) is 0 Å². The van der Waals surface area contributed by atoms with Crippen LogP contribution in [-0.4, -0.2) is 25.0 Å². The molecule has 1 heterocycles. The van der Waals surface area contributed by atoms with Gasteiger partial charge in [-0.3, -0.25) is 0 Å². The molecule has 3 aromatic rings. The van der Waals surface area contributed by atoms with Crippen LogP contribution in [0.1, 0.15) is 36.5 Å². The maximum absolute atomic E-state index is 13.1. The van der Waals surface area contributed by atoms with Crippen LogP contribution in [-0.2, 0) is 22.9 Å². The molecule has 4 rings (SSSR count). The summed E-state index contributed by atoms with van der Waals surface area (Å²) in [6.45, 7) is 5.16. The van der Waals surface area contributed by atoms with E-state index in [1.807, 2.05) is 31.2 Å². The Labute approximate surface area is 161 Å². The van der Waals surface area contributed by atoms with Crippen molar-refractivity contribution in [1.82, 2.24) is 9.29 Å². The number of hydrogen-bond acceptors (Lipinski definition) is 3. The molecule has 0 spiro atoms. The Morgan fingerprint density at radius 1 is 1.11 bits per heavy atom. The minimum absolute atomic E-state index is 0.325. The van der Waals surface area contributed by atoms with Crippen molar-refractivity contribution in [3.63, 3.8) is 0 Å². The second-order valence-corrected chi connectivity index (χ2v) is 9.27. The second kappa shape index (κ2) is 7.13. The molecule has 0 unspecified atom stereocenters. The normalized spacial score (nSPS) is 17.2. The Hall–Kier alpha value is -2.11. The summed E-state index contributed by atoms with van der Waals surface area (Å²) in [6.07, 6.45) is 5.96. The number of hydrogen-bond donors (Lipinski definition) is 1. The molecule has 0 radical (unpaired) electrons. The fourth-order valence-electron chi connectivity index (χ4n) is 4.01. The van der Waals surface area contributed by atoms with E-state index in [4.69, 9.17) is 0 Å². The molecule has 27 heavy (non-hydrogen) atoms. The van der Waals surface area contributed by atoms with Gasteiger partial charge in [-0.2, -0.15) is 0 Å². The van der Waals surface area contributed by atoms with E-state index in [0.29, 0.717) is 10.9 Å². The second-order valence-electron chi connectivity index (χ2n) is 7.46. The van der Waals surface area contributed by atoms with Gasteiger partial charge >= 0.3 is 0 Å². The largest absolute Gasteiger partial charge is 0.314 e. The van der Waals surface area contributed by atoms with Crippen molar-refractivity contribution >= 4 is 20.9 Å². The van der Waals surface area contributed by atoms with Crippen molar-refractivity contribution in [2.45, 2.75) is 50.5 Å². The molecule has 1 N–H and O–H groups in total. The highest BCUT2D eigenvalue weighted by molar-refractivity contribution is 7.90. The Kier molecular flexibility index (Phi) is 4.82. The van der Waals surface area contributed by atoms with Gasteiger partial charge in [0.05, 0.1) is 10.4 Å². The van der Waals surface area contributed by atoms with Gasteiger partial charge in [-0.15, -0.1) is 0 Å². The molecule has 0 aliphatic heterocycles. The predicted octanol–water partition coefficient (Wildman–Crippen LogP) is 4.04. The van der Waals surface area contributed by atoms with Gasteiger partial charge in [-0.05, 0) is 74.5 Å². The lowest BCUT2D eigenvalue weighted by molar-refractivity contribution is 0.460. The zero-order chi connectivity index (χ0) is 19.0. The van der Waals surface area contributed by atoms with Crippen LogP contribution in [0.15, 0.2) is 53.6 Å². The van der Waals surface area contributed by atoms with Crippen LogP contribution < -0.4 is 5.32 Å². The van der Waals surface area contributed by atoms with E-state index in [1.54, 1.807) is 18.3 Å². The minimum Gasteiger partial charge on any atom is -0.314 e. The summed E-state index contributed by atoms with van der Waals surface area (Å²) in [4.78, 5) is 0.325. The van der Waals surface area contributed by atoms with Crippen molar-refractivity contribution in [2.75, 3.05) is 6.54 Å². The Bertz CT molecular complexity index is 1070. The molecule has 1 aliphatic carbocycles. The third kappa shape index (κ3) is 3.30. The van der Waals surface area contributed by atoms with Crippen LogP contribution in [0.3, 0.4) is 0 Å². The van der Waals surface area contributed by atoms with E-state index in [-0.39, 0.29) is 0 Å². The highest BCUT2D eigenvalue weighted by atomic mass is 32.2. The molecule has 2 aromatic carbocycles. The number of benzene rings is 2. The summed E-state index contributed by atoms with van der Waals surface area (Å²) in [5.74, 6) is 0. The average Bonchev–Trinajstić information content (AvgIpc) is 3.12. The molecule has 0 amide bonds. The van der Waals surface area contributed by atoms with E-state index < -0.39 is 10.0 Å². The third-order valence-electron chi connectivity index (χ3n) is 5.52. The number of aryl methyl sites for hydroxylation is 2. The molecule has 0 saturated heterocycles. The van der Waals surface area contributed by atoms with Crippen molar-refractivity contribution < 1.29 is 8.42 Å². The number of nitrogens with zero attached hydrogens (tertiary/aromatic N) is 1. The Balaban J connectivity index is 1.76. The van der Waals surface area contributed by atoms with Crippen molar-refractivity contribution in [3.05, 3.63) is 65.4 Å². The molecule has 5 heteroatoms. The topological polar surface area (TPSA) is 51.1 Å². The van der Waals surface area contributed by atoms with Gasteiger partial charge in [0.15, 0.2) is 0 Å². The zero-order valence-corrected chi connectivity index (χ0v) is 16.7. The van der Waals surface area contributed by atoms with E-state index in [9.17, 15) is 8.42 Å². The van der Waals surface area contributed by atoms with E-state index >= 15 is 0 Å². The van der Waals surface area contributed by atoms with E-state index in [0.717, 1.165) is 48.7 Å². The van der Waals surface area contributed by atoms with Gasteiger partial charge < -0.3 is 5.32 Å². The Morgan fingerprint density at radius 2 is 1.89 bits per heavy atom. The fraction of sp³-hybridized carbons (Fsp3) is 0.364. The van der Waals surface area contributed by atoms with Crippen LogP contribution in [0.25, 0.3) is 10.9 Å². The van der Waals surface area contributed by atoms with E-state index in [2.05, 4.69) is 18.3 Å². The number of rotatable bonds is 5. The van der Waals surface area contributed by atoms with E-state index in [1.165, 1.54) is 15.1 Å². The van der Waals surface area contributed by atoms with Crippen molar-refractivity contribution in [3.8, 4) is 0 Å². The first-order chi connectivity index (χ1) is 13.0. The van der Waals surface area contributed by atoms with Crippen LogP contribution in [0, 0.1) is 6.92 Å². The monoisotopic (exact) mass is 382 g/mol. The molecular formula is C22H26N2O2S. The average molecular weight is 383 g/mol. The van der Waals surface area contributed by atoms with Gasteiger partial charge in [0.25, 0.3) is 10.0 Å². The highest BCUT2D eigenvalue weighted by Crippen LogP contribution is 2.31. The third-order valence-corrected chi connectivity index (χ3v) is 7.22. The first-order valence-corrected chi connectivity index (χ1v) is 11.1. The molecule has 4 nitrogen and oxygen atoms in total. The molecule has 0 bridgehead atoms. The lowest BCUT2D eigenvalue weighted by Gasteiger charge is -2.26. The summed E-state index contributed by atoms with van der Waals surface area (Å²) >= 11 is 0. The van der Waals surface area contributed by atoms with Crippen LogP contribution >= 0.6 is 0 Å². The predicted molar refractivity (Wildman–Crippen MR) is 110 cm³/mol. The first-order valence-electron chi connectivity index (χ1n) is 9.68. The van der Waals surface area contributed by atoms with Gasteiger partial charge in [0.2, 0.25) is 0 Å². The van der Waals surface area contributed by atoms with Gasteiger partial charge in [0.1, 0.15) is 0 Å². The lowest BCUT2D eigenvalue weighted by Crippen LogP contribution is -2.35. The maximum Gasteiger partial charge on any atom is 0.268 e. The number of nitrogens with one attached hydrogen (secondary N) is 1. The van der Waals surface area contributed by atoms with Gasteiger partial charge in [-0.1, -0.05) is 30.7 Å². The van der Waals surface area contributed by atoms with Gasteiger partial charge in [-0.25, -0.2) is 12.4 Å². The minimum atomic E-state index is -3.59. The SMILES string of the molecule is CCCN[C@@H]1CCc2ccc3c(ccn3S(=O)(=O)c3ccc(C)cc3)c2C1. The van der Waals surface area contributed by atoms with Crippen molar-refractivity contribution in [2.24, 2.45) is 0 Å². The quantitative estimate of drug-likeness (QED) is 0.724.